The molecule has 3 N–H and O–H groups in total. The third kappa shape index (κ3) is 3.73. The number of aromatic amines is 1. The number of H-pyrrole nitrogens is 1. The minimum Gasteiger partial charge on any atom is -0.388 e. The van der Waals surface area contributed by atoms with E-state index in [0.717, 1.165) is 43.9 Å². The van der Waals surface area contributed by atoms with Crippen LogP contribution in [0.4, 0.5) is 0 Å². The van der Waals surface area contributed by atoms with E-state index >= 15 is 0 Å². The second kappa shape index (κ2) is 6.10. The number of nitrogens with zero attached hydrogens (tertiary/aromatic N) is 2. The summed E-state index contributed by atoms with van der Waals surface area (Å²) < 4.78 is 0. The molecule has 0 saturated heterocycles. The normalized spacial score (nSPS) is 18.6. The molecular formula is C14H24N4O. The van der Waals surface area contributed by atoms with Crippen LogP contribution in [0.3, 0.4) is 0 Å². The third-order valence-electron chi connectivity index (χ3n) is 3.75. The summed E-state index contributed by atoms with van der Waals surface area (Å²) in [5, 5.41) is 13.6. The Morgan fingerprint density at radius 3 is 2.84 bits per heavy atom. The minimum atomic E-state index is -0.552. The molecule has 1 aromatic heterocycles. The molecule has 1 heterocycles. The zero-order valence-corrected chi connectivity index (χ0v) is 11.8. The maximum absolute atomic E-state index is 10.3. The van der Waals surface area contributed by atoms with Gasteiger partial charge >= 0.3 is 0 Å². The summed E-state index contributed by atoms with van der Waals surface area (Å²) in [6, 6.07) is 4.04. The van der Waals surface area contributed by atoms with Gasteiger partial charge in [0.1, 0.15) is 0 Å². The van der Waals surface area contributed by atoms with Crippen LogP contribution in [-0.4, -0.2) is 47.2 Å². The van der Waals surface area contributed by atoms with Crippen molar-refractivity contribution in [2.24, 2.45) is 4.99 Å². The summed E-state index contributed by atoms with van der Waals surface area (Å²) in [6.07, 6.45) is 5.93. The standard InChI is InChI=1S/C14H24N4O/c1-15-13(17-11-14(19)7-3-4-8-14)18(2)10-12-6-5-9-16-12/h5-6,9,16,19H,3-4,7-8,10-11H2,1-2H3,(H,15,17). The second-order valence-electron chi connectivity index (χ2n) is 5.38. The first kappa shape index (κ1) is 13.9. The molecule has 0 bridgehead atoms. The molecule has 0 unspecified atom stereocenters. The van der Waals surface area contributed by atoms with Gasteiger partial charge in [-0.2, -0.15) is 0 Å². The second-order valence-corrected chi connectivity index (χ2v) is 5.38. The summed E-state index contributed by atoms with van der Waals surface area (Å²) in [5.41, 5.74) is 0.591. The van der Waals surface area contributed by atoms with Crippen LogP contribution in [0.15, 0.2) is 23.3 Å². The van der Waals surface area contributed by atoms with Crippen LogP contribution in [0.5, 0.6) is 0 Å². The molecule has 1 aromatic rings. The molecule has 2 rings (SSSR count). The van der Waals surface area contributed by atoms with Crippen LogP contribution in [-0.2, 0) is 6.54 Å². The van der Waals surface area contributed by atoms with Gasteiger partial charge < -0.3 is 20.3 Å². The predicted octanol–water partition coefficient (Wildman–Crippen LogP) is 1.33. The topological polar surface area (TPSA) is 63.7 Å². The fraction of sp³-hybridized carbons (Fsp3) is 0.643. The van der Waals surface area contributed by atoms with E-state index in [-0.39, 0.29) is 0 Å². The molecule has 1 aliphatic carbocycles. The first-order valence-electron chi connectivity index (χ1n) is 6.89. The largest absolute Gasteiger partial charge is 0.388 e. The highest BCUT2D eigenvalue weighted by Crippen LogP contribution is 2.28. The Morgan fingerprint density at radius 1 is 1.53 bits per heavy atom. The molecule has 0 aliphatic heterocycles. The third-order valence-corrected chi connectivity index (χ3v) is 3.75. The van der Waals surface area contributed by atoms with Crippen molar-refractivity contribution in [2.45, 2.75) is 37.8 Å². The van der Waals surface area contributed by atoms with Gasteiger partial charge in [0.2, 0.25) is 0 Å². The highest BCUT2D eigenvalue weighted by molar-refractivity contribution is 5.79. The average molecular weight is 264 g/mol. The van der Waals surface area contributed by atoms with E-state index in [9.17, 15) is 5.11 Å². The van der Waals surface area contributed by atoms with E-state index < -0.39 is 5.60 Å². The monoisotopic (exact) mass is 264 g/mol. The lowest BCUT2D eigenvalue weighted by molar-refractivity contribution is 0.0516. The molecule has 5 heteroatoms. The van der Waals surface area contributed by atoms with E-state index in [1.54, 1.807) is 7.05 Å². The Morgan fingerprint density at radius 2 is 2.26 bits per heavy atom. The van der Waals surface area contributed by atoms with Gasteiger partial charge in [-0.15, -0.1) is 0 Å². The lowest BCUT2D eigenvalue weighted by Crippen LogP contribution is -2.46. The van der Waals surface area contributed by atoms with Crippen LogP contribution >= 0.6 is 0 Å². The highest BCUT2D eigenvalue weighted by atomic mass is 16.3. The Labute approximate surface area is 114 Å². The van der Waals surface area contributed by atoms with Gasteiger partial charge in [-0.25, -0.2) is 0 Å². The first-order chi connectivity index (χ1) is 9.13. The fourth-order valence-electron chi connectivity index (χ4n) is 2.63. The molecule has 19 heavy (non-hydrogen) atoms. The number of nitrogens with one attached hydrogen (secondary N) is 2. The molecule has 106 valence electrons. The van der Waals surface area contributed by atoms with Crippen molar-refractivity contribution in [1.82, 2.24) is 15.2 Å². The van der Waals surface area contributed by atoms with Gasteiger partial charge in [-0.3, -0.25) is 4.99 Å². The zero-order valence-electron chi connectivity index (χ0n) is 11.8. The molecule has 0 amide bonds. The maximum Gasteiger partial charge on any atom is 0.193 e. The van der Waals surface area contributed by atoms with Crippen molar-refractivity contribution < 1.29 is 5.11 Å². The highest BCUT2D eigenvalue weighted by Gasteiger charge is 2.31. The van der Waals surface area contributed by atoms with Crippen LogP contribution in [0.25, 0.3) is 0 Å². The Balaban J connectivity index is 1.85. The maximum atomic E-state index is 10.3. The Hall–Kier alpha value is -1.49. The first-order valence-corrected chi connectivity index (χ1v) is 6.89. The summed E-state index contributed by atoms with van der Waals surface area (Å²) in [5.74, 6) is 0.815. The van der Waals surface area contributed by atoms with Crippen molar-refractivity contribution >= 4 is 5.96 Å². The number of aliphatic imine (C=N–C) groups is 1. The smallest absolute Gasteiger partial charge is 0.193 e. The molecule has 0 aromatic carbocycles. The van der Waals surface area contributed by atoms with E-state index in [0.29, 0.717) is 6.54 Å². The van der Waals surface area contributed by atoms with Crippen LogP contribution in [0.1, 0.15) is 31.4 Å². The number of rotatable bonds is 4. The van der Waals surface area contributed by atoms with Gasteiger partial charge in [0.05, 0.1) is 12.1 Å². The minimum absolute atomic E-state index is 0.552. The van der Waals surface area contributed by atoms with Crippen LogP contribution in [0.2, 0.25) is 0 Å². The number of hydrogen-bond donors (Lipinski definition) is 3. The van der Waals surface area contributed by atoms with Crippen LogP contribution in [0, 0.1) is 0 Å². The molecule has 0 radical (unpaired) electrons. The zero-order chi connectivity index (χ0) is 13.7. The number of aromatic nitrogens is 1. The van der Waals surface area contributed by atoms with Crippen molar-refractivity contribution in [1.29, 1.82) is 0 Å². The molecule has 1 aliphatic rings. The SMILES string of the molecule is CN=C(NCC1(O)CCCC1)N(C)Cc1ccc[nH]1. The predicted molar refractivity (Wildman–Crippen MR) is 77.0 cm³/mol. The number of hydrogen-bond acceptors (Lipinski definition) is 2. The molecule has 0 atom stereocenters. The van der Waals surface area contributed by atoms with Gasteiger partial charge in [0, 0.05) is 32.5 Å². The Bertz CT molecular complexity index is 407. The van der Waals surface area contributed by atoms with Gasteiger partial charge in [-0.05, 0) is 25.0 Å². The van der Waals surface area contributed by atoms with Gasteiger partial charge in [0.25, 0.3) is 0 Å². The van der Waals surface area contributed by atoms with Gasteiger partial charge in [-0.1, -0.05) is 12.8 Å². The average Bonchev–Trinajstić information content (AvgIpc) is 3.02. The Kier molecular flexibility index (Phi) is 4.47. The molecule has 1 saturated carbocycles. The molecule has 1 fully saturated rings. The quantitative estimate of drug-likeness (QED) is 0.568. The van der Waals surface area contributed by atoms with Crippen molar-refractivity contribution in [2.75, 3.05) is 20.6 Å². The lowest BCUT2D eigenvalue weighted by atomic mass is 10.0. The fourth-order valence-corrected chi connectivity index (χ4v) is 2.63. The molecular weight excluding hydrogens is 240 g/mol. The van der Waals surface area contributed by atoms with Gasteiger partial charge in [0.15, 0.2) is 5.96 Å². The number of guanidine groups is 1. The van der Waals surface area contributed by atoms with Crippen molar-refractivity contribution in [3.8, 4) is 0 Å². The lowest BCUT2D eigenvalue weighted by Gasteiger charge is -2.27. The summed E-state index contributed by atoms with van der Waals surface area (Å²) in [4.78, 5) is 9.49. The van der Waals surface area contributed by atoms with Crippen molar-refractivity contribution in [3.63, 3.8) is 0 Å². The molecule has 0 spiro atoms. The number of aliphatic hydroxyl groups is 1. The van der Waals surface area contributed by atoms with E-state index in [1.807, 2.05) is 30.3 Å². The summed E-state index contributed by atoms with van der Waals surface area (Å²) in [6.45, 7) is 1.35. The van der Waals surface area contributed by atoms with Crippen molar-refractivity contribution in [3.05, 3.63) is 24.0 Å². The van der Waals surface area contributed by atoms with E-state index in [4.69, 9.17) is 0 Å². The van der Waals surface area contributed by atoms with Crippen LogP contribution < -0.4 is 5.32 Å². The summed E-state index contributed by atoms with van der Waals surface area (Å²) >= 11 is 0. The summed E-state index contributed by atoms with van der Waals surface area (Å²) in [7, 11) is 3.76. The molecule has 5 nitrogen and oxygen atoms in total. The van der Waals surface area contributed by atoms with E-state index in [2.05, 4.69) is 15.3 Å². The van der Waals surface area contributed by atoms with E-state index in [1.165, 1.54) is 0 Å².